The number of aromatic nitrogens is 2. The Morgan fingerprint density at radius 2 is 2.19 bits per heavy atom. The quantitative estimate of drug-likeness (QED) is 0.904. The molecule has 1 aliphatic carbocycles. The molecule has 0 radical (unpaired) electrons. The van der Waals surface area contributed by atoms with Gasteiger partial charge in [-0.2, -0.15) is 5.10 Å². The van der Waals surface area contributed by atoms with E-state index in [9.17, 15) is 4.79 Å². The lowest BCUT2D eigenvalue weighted by Crippen LogP contribution is -2.55. The molecule has 1 saturated carbocycles. The van der Waals surface area contributed by atoms with Crippen LogP contribution >= 0.6 is 0 Å². The lowest BCUT2D eigenvalue weighted by atomic mass is 9.80. The summed E-state index contributed by atoms with van der Waals surface area (Å²) in [6.07, 6.45) is 7.74. The van der Waals surface area contributed by atoms with Crippen LogP contribution < -0.4 is 10.2 Å². The number of hydrogen-bond acceptors (Lipinski definition) is 3. The van der Waals surface area contributed by atoms with E-state index in [4.69, 9.17) is 0 Å². The SMILES string of the molecule is CCn1nccc1N1CCC[C@@H](N[C@H](C)C2CCC2)C1=O. The van der Waals surface area contributed by atoms with Crippen molar-refractivity contribution in [3.63, 3.8) is 0 Å². The first-order chi connectivity index (χ1) is 10.2. The van der Waals surface area contributed by atoms with Gasteiger partial charge in [0, 0.05) is 25.2 Å². The van der Waals surface area contributed by atoms with Crippen LogP contribution in [0.2, 0.25) is 0 Å². The van der Waals surface area contributed by atoms with Crippen molar-refractivity contribution in [1.29, 1.82) is 0 Å². The molecule has 1 aromatic heterocycles. The summed E-state index contributed by atoms with van der Waals surface area (Å²) in [6, 6.07) is 2.36. The number of carbonyl (C=O) groups excluding carboxylic acids is 1. The smallest absolute Gasteiger partial charge is 0.245 e. The van der Waals surface area contributed by atoms with Crippen LogP contribution in [0.15, 0.2) is 12.3 Å². The van der Waals surface area contributed by atoms with Crippen molar-refractivity contribution in [3.05, 3.63) is 12.3 Å². The molecular weight excluding hydrogens is 264 g/mol. The third kappa shape index (κ3) is 2.84. The highest BCUT2D eigenvalue weighted by Gasteiger charge is 2.34. The van der Waals surface area contributed by atoms with Crippen LogP contribution in [0, 0.1) is 5.92 Å². The Morgan fingerprint density at radius 1 is 1.38 bits per heavy atom. The second kappa shape index (κ2) is 6.18. The molecule has 5 heteroatoms. The minimum Gasteiger partial charge on any atom is -0.303 e. The molecule has 116 valence electrons. The fraction of sp³-hybridized carbons (Fsp3) is 0.750. The van der Waals surface area contributed by atoms with Gasteiger partial charge in [0.2, 0.25) is 5.91 Å². The number of nitrogens with zero attached hydrogens (tertiary/aromatic N) is 3. The van der Waals surface area contributed by atoms with Crippen molar-refractivity contribution in [2.45, 2.75) is 64.6 Å². The molecule has 1 saturated heterocycles. The Kier molecular flexibility index (Phi) is 4.29. The first-order valence-corrected chi connectivity index (χ1v) is 8.30. The van der Waals surface area contributed by atoms with E-state index in [1.54, 1.807) is 6.20 Å². The molecule has 2 heterocycles. The van der Waals surface area contributed by atoms with Gasteiger partial charge in [-0.3, -0.25) is 9.69 Å². The Labute approximate surface area is 126 Å². The Hall–Kier alpha value is -1.36. The number of carbonyl (C=O) groups is 1. The van der Waals surface area contributed by atoms with Crippen LogP contribution in [0.3, 0.4) is 0 Å². The summed E-state index contributed by atoms with van der Waals surface area (Å²) in [6.45, 7) is 5.88. The summed E-state index contributed by atoms with van der Waals surface area (Å²) >= 11 is 0. The predicted molar refractivity (Wildman–Crippen MR) is 83.2 cm³/mol. The van der Waals surface area contributed by atoms with E-state index in [1.807, 2.05) is 15.6 Å². The first-order valence-electron chi connectivity index (χ1n) is 8.30. The molecule has 2 fully saturated rings. The molecule has 21 heavy (non-hydrogen) atoms. The minimum absolute atomic E-state index is 0.0328. The van der Waals surface area contributed by atoms with Crippen molar-refractivity contribution < 1.29 is 4.79 Å². The minimum atomic E-state index is -0.0328. The maximum atomic E-state index is 12.8. The van der Waals surface area contributed by atoms with E-state index >= 15 is 0 Å². The van der Waals surface area contributed by atoms with E-state index in [1.165, 1.54) is 19.3 Å². The lowest BCUT2D eigenvalue weighted by Gasteiger charge is -2.38. The molecule has 0 aromatic carbocycles. The molecule has 0 spiro atoms. The molecule has 5 nitrogen and oxygen atoms in total. The van der Waals surface area contributed by atoms with Crippen molar-refractivity contribution >= 4 is 11.7 Å². The van der Waals surface area contributed by atoms with E-state index in [2.05, 4.69) is 24.3 Å². The normalized spacial score (nSPS) is 25.0. The van der Waals surface area contributed by atoms with Crippen LogP contribution in [-0.4, -0.2) is 34.3 Å². The van der Waals surface area contributed by atoms with E-state index in [0.717, 1.165) is 37.7 Å². The topological polar surface area (TPSA) is 50.2 Å². The third-order valence-electron chi connectivity index (χ3n) is 5.03. The molecule has 1 aromatic rings. The van der Waals surface area contributed by atoms with E-state index in [-0.39, 0.29) is 11.9 Å². The van der Waals surface area contributed by atoms with Crippen LogP contribution in [0.4, 0.5) is 5.82 Å². The third-order valence-corrected chi connectivity index (χ3v) is 5.03. The maximum Gasteiger partial charge on any atom is 0.245 e. The zero-order valence-electron chi connectivity index (χ0n) is 13.1. The largest absolute Gasteiger partial charge is 0.303 e. The standard InChI is InChI=1S/C16H26N4O/c1-3-20-15(9-10-17-20)19-11-5-8-14(16(19)21)18-12(2)13-6-4-7-13/h9-10,12-14,18H,3-8,11H2,1-2H3/t12-,14-/m1/s1. The summed E-state index contributed by atoms with van der Waals surface area (Å²) in [4.78, 5) is 14.7. The second-order valence-corrected chi connectivity index (χ2v) is 6.34. The predicted octanol–water partition coefficient (Wildman–Crippen LogP) is 2.18. The molecule has 2 atom stereocenters. The average Bonchev–Trinajstić information content (AvgIpc) is 2.87. The van der Waals surface area contributed by atoms with Gasteiger partial charge in [0.05, 0.1) is 12.2 Å². The average molecular weight is 290 g/mol. The fourth-order valence-corrected chi connectivity index (χ4v) is 3.45. The Balaban J connectivity index is 1.68. The van der Waals surface area contributed by atoms with Crippen molar-refractivity contribution in [2.24, 2.45) is 5.92 Å². The number of rotatable bonds is 5. The lowest BCUT2D eigenvalue weighted by molar-refractivity contribution is -0.122. The highest BCUT2D eigenvalue weighted by atomic mass is 16.2. The Morgan fingerprint density at radius 3 is 2.86 bits per heavy atom. The molecule has 0 bridgehead atoms. The number of aryl methyl sites for hydroxylation is 1. The van der Waals surface area contributed by atoms with Crippen LogP contribution in [0.1, 0.15) is 46.0 Å². The summed E-state index contributed by atoms with van der Waals surface area (Å²) in [5.41, 5.74) is 0. The zero-order valence-corrected chi connectivity index (χ0v) is 13.1. The van der Waals surface area contributed by atoms with Crippen LogP contribution in [0.25, 0.3) is 0 Å². The maximum absolute atomic E-state index is 12.8. The van der Waals surface area contributed by atoms with Gasteiger partial charge < -0.3 is 5.32 Å². The summed E-state index contributed by atoms with van der Waals surface area (Å²) < 4.78 is 1.90. The van der Waals surface area contributed by atoms with Crippen molar-refractivity contribution in [3.8, 4) is 0 Å². The number of anilines is 1. The summed E-state index contributed by atoms with van der Waals surface area (Å²) in [5, 5.41) is 7.86. The van der Waals surface area contributed by atoms with E-state index < -0.39 is 0 Å². The van der Waals surface area contributed by atoms with Crippen LogP contribution in [-0.2, 0) is 11.3 Å². The highest BCUT2D eigenvalue weighted by Crippen LogP contribution is 2.30. The number of hydrogen-bond donors (Lipinski definition) is 1. The van der Waals surface area contributed by atoms with E-state index in [0.29, 0.717) is 6.04 Å². The molecule has 1 amide bonds. The van der Waals surface area contributed by atoms with Gasteiger partial charge in [-0.05, 0) is 45.4 Å². The van der Waals surface area contributed by atoms with Gasteiger partial charge >= 0.3 is 0 Å². The number of piperidine rings is 1. The Bertz CT molecular complexity index is 494. The molecule has 0 unspecified atom stereocenters. The fourth-order valence-electron chi connectivity index (χ4n) is 3.45. The second-order valence-electron chi connectivity index (χ2n) is 6.34. The van der Waals surface area contributed by atoms with Gasteiger partial charge in [-0.1, -0.05) is 6.42 Å². The molecule has 1 aliphatic heterocycles. The number of nitrogens with one attached hydrogen (secondary N) is 1. The van der Waals surface area contributed by atoms with Gasteiger partial charge in [0.1, 0.15) is 5.82 Å². The molecular formula is C16H26N4O. The summed E-state index contributed by atoms with van der Waals surface area (Å²) in [5.74, 6) is 1.90. The van der Waals surface area contributed by atoms with Gasteiger partial charge in [-0.25, -0.2) is 4.68 Å². The highest BCUT2D eigenvalue weighted by molar-refractivity contribution is 5.97. The zero-order chi connectivity index (χ0) is 14.8. The molecule has 3 rings (SSSR count). The molecule has 2 aliphatic rings. The van der Waals surface area contributed by atoms with Crippen molar-refractivity contribution in [1.82, 2.24) is 15.1 Å². The van der Waals surface area contributed by atoms with Crippen molar-refractivity contribution in [2.75, 3.05) is 11.4 Å². The monoisotopic (exact) mass is 290 g/mol. The van der Waals surface area contributed by atoms with Gasteiger partial charge in [0.15, 0.2) is 0 Å². The van der Waals surface area contributed by atoms with Crippen LogP contribution in [0.5, 0.6) is 0 Å². The van der Waals surface area contributed by atoms with Gasteiger partial charge in [-0.15, -0.1) is 0 Å². The van der Waals surface area contributed by atoms with Gasteiger partial charge in [0.25, 0.3) is 0 Å². The number of amides is 1. The summed E-state index contributed by atoms with van der Waals surface area (Å²) in [7, 11) is 0. The molecule has 1 N–H and O–H groups in total. The first kappa shape index (κ1) is 14.6.